The Balaban J connectivity index is 2.01. The van der Waals surface area contributed by atoms with Gasteiger partial charge < -0.3 is 10.1 Å². The number of anilines is 1. The first-order valence-electron chi connectivity index (χ1n) is 7.55. The lowest BCUT2D eigenvalue weighted by molar-refractivity contribution is -0.108. The Labute approximate surface area is 135 Å². The number of nitrogens with one attached hydrogen (secondary N) is 1. The Morgan fingerprint density at radius 1 is 1.43 bits per heavy atom. The van der Waals surface area contributed by atoms with Gasteiger partial charge in [0.2, 0.25) is 0 Å². The second kappa shape index (κ2) is 6.25. The lowest BCUT2D eigenvalue weighted by atomic mass is 9.64. The number of benzene rings is 1. The molecule has 1 saturated carbocycles. The lowest BCUT2D eigenvalue weighted by Crippen LogP contribution is -2.58. The monoisotopic (exact) mass is 357 g/mol. The molecule has 0 aliphatic heterocycles. The average molecular weight is 358 g/mol. The van der Waals surface area contributed by atoms with E-state index in [4.69, 9.17) is 4.74 Å². The fourth-order valence-corrected chi connectivity index (χ4v) is 3.17. The minimum Gasteiger partial charge on any atom is -0.381 e. The average Bonchev–Trinajstić information content (AvgIpc) is 2.38. The van der Waals surface area contributed by atoms with E-state index in [2.05, 4.69) is 48.9 Å². The predicted molar refractivity (Wildman–Crippen MR) is 89.2 cm³/mol. The summed E-state index contributed by atoms with van der Waals surface area (Å²) in [4.78, 5) is 0. The van der Waals surface area contributed by atoms with Gasteiger partial charge in [-0.3, -0.25) is 0 Å². The molecule has 0 amide bonds. The maximum atomic E-state index is 13.7. The number of ether oxygens (including phenoxy) is 1. The fraction of sp³-hybridized carbons (Fsp3) is 0.647. The van der Waals surface area contributed by atoms with E-state index in [1.165, 1.54) is 0 Å². The topological polar surface area (TPSA) is 21.3 Å². The molecule has 0 radical (unpaired) electrons. The van der Waals surface area contributed by atoms with Crippen LogP contribution in [0, 0.1) is 24.1 Å². The van der Waals surface area contributed by atoms with Crippen molar-refractivity contribution in [1.29, 1.82) is 0 Å². The Kier molecular flexibility index (Phi) is 4.99. The van der Waals surface area contributed by atoms with Gasteiger partial charge in [0.25, 0.3) is 0 Å². The molecule has 2 nitrogen and oxygen atoms in total. The molecule has 0 bridgehead atoms. The van der Waals surface area contributed by atoms with Gasteiger partial charge >= 0.3 is 0 Å². The Bertz CT molecular complexity index is 516. The van der Waals surface area contributed by atoms with Gasteiger partial charge in [-0.15, -0.1) is 0 Å². The van der Waals surface area contributed by atoms with E-state index in [-0.39, 0.29) is 17.3 Å². The first-order valence-corrected chi connectivity index (χ1v) is 8.35. The van der Waals surface area contributed by atoms with Crippen LogP contribution in [0.5, 0.6) is 0 Å². The standard InChI is InChI=1S/C17H25BrFNO/c1-10(2)9-21-16-8-15(17(16,4)5)20-14-7-13(19)12(18)6-11(14)3/h6-7,10,15-16,20H,8-9H2,1-5H3. The van der Waals surface area contributed by atoms with Gasteiger partial charge in [0, 0.05) is 23.8 Å². The molecule has 118 valence electrons. The normalized spacial score (nSPS) is 24.0. The molecule has 0 spiro atoms. The zero-order chi connectivity index (χ0) is 15.8. The summed E-state index contributed by atoms with van der Waals surface area (Å²) >= 11 is 3.22. The zero-order valence-electron chi connectivity index (χ0n) is 13.5. The van der Waals surface area contributed by atoms with E-state index in [0.29, 0.717) is 16.4 Å². The maximum absolute atomic E-state index is 13.7. The quantitative estimate of drug-likeness (QED) is 0.786. The molecule has 1 N–H and O–H groups in total. The first kappa shape index (κ1) is 16.8. The number of rotatable bonds is 5. The highest BCUT2D eigenvalue weighted by Gasteiger charge is 2.49. The van der Waals surface area contributed by atoms with Gasteiger partial charge in [-0.25, -0.2) is 4.39 Å². The van der Waals surface area contributed by atoms with E-state index in [1.54, 1.807) is 6.07 Å². The second-order valence-electron chi connectivity index (χ2n) is 7.05. The van der Waals surface area contributed by atoms with Crippen LogP contribution >= 0.6 is 15.9 Å². The van der Waals surface area contributed by atoms with Crippen LogP contribution in [0.4, 0.5) is 10.1 Å². The minimum absolute atomic E-state index is 0.0604. The minimum atomic E-state index is -0.229. The van der Waals surface area contributed by atoms with Crippen molar-refractivity contribution in [2.75, 3.05) is 11.9 Å². The van der Waals surface area contributed by atoms with E-state index >= 15 is 0 Å². The van der Waals surface area contributed by atoms with Crippen LogP contribution in [-0.4, -0.2) is 18.8 Å². The van der Waals surface area contributed by atoms with Crippen LogP contribution in [0.3, 0.4) is 0 Å². The van der Waals surface area contributed by atoms with Crippen LogP contribution < -0.4 is 5.32 Å². The number of aryl methyl sites for hydroxylation is 1. The molecule has 1 aromatic rings. The van der Waals surface area contributed by atoms with Crippen LogP contribution in [0.15, 0.2) is 16.6 Å². The predicted octanol–water partition coefficient (Wildman–Crippen LogP) is 5.15. The van der Waals surface area contributed by atoms with Gasteiger partial charge in [0.15, 0.2) is 0 Å². The summed E-state index contributed by atoms with van der Waals surface area (Å²) in [5, 5.41) is 3.48. The second-order valence-corrected chi connectivity index (χ2v) is 7.91. The SMILES string of the molecule is Cc1cc(Br)c(F)cc1NC1CC(OCC(C)C)C1(C)C. The lowest BCUT2D eigenvalue weighted by Gasteiger charge is -2.52. The summed E-state index contributed by atoms with van der Waals surface area (Å²) in [6.45, 7) is 11.5. The number of hydrogen-bond acceptors (Lipinski definition) is 2. The summed E-state index contributed by atoms with van der Waals surface area (Å²) in [6.07, 6.45) is 1.25. The van der Waals surface area contributed by atoms with Crippen molar-refractivity contribution < 1.29 is 9.13 Å². The van der Waals surface area contributed by atoms with Gasteiger partial charge in [-0.2, -0.15) is 0 Å². The third kappa shape index (κ3) is 3.59. The van der Waals surface area contributed by atoms with Crippen LogP contribution in [0.1, 0.15) is 39.7 Å². The summed E-state index contributed by atoms with van der Waals surface area (Å²) in [5.41, 5.74) is 1.98. The zero-order valence-corrected chi connectivity index (χ0v) is 15.1. The molecule has 2 unspecified atom stereocenters. The van der Waals surface area contributed by atoms with Crippen LogP contribution in [0.25, 0.3) is 0 Å². The van der Waals surface area contributed by atoms with Crippen LogP contribution in [0.2, 0.25) is 0 Å². The molecule has 0 heterocycles. The van der Waals surface area contributed by atoms with Gasteiger partial charge in [-0.05, 0) is 52.9 Å². The molecule has 1 aliphatic rings. The summed E-state index contributed by atoms with van der Waals surface area (Å²) in [5.74, 6) is 0.323. The summed E-state index contributed by atoms with van der Waals surface area (Å²) in [7, 11) is 0. The molecular formula is C17H25BrFNO. The molecule has 1 aliphatic carbocycles. The van der Waals surface area contributed by atoms with Crippen molar-refractivity contribution in [3.05, 3.63) is 28.0 Å². The third-order valence-corrected chi connectivity index (χ3v) is 5.01. The molecule has 4 heteroatoms. The summed E-state index contributed by atoms with van der Waals surface area (Å²) < 4.78 is 20.2. The van der Waals surface area contributed by atoms with Crippen molar-refractivity contribution in [2.45, 2.75) is 53.2 Å². The Morgan fingerprint density at radius 2 is 2.10 bits per heavy atom. The largest absolute Gasteiger partial charge is 0.381 e. The first-order chi connectivity index (χ1) is 9.71. The van der Waals surface area contributed by atoms with Gasteiger partial charge in [0.1, 0.15) is 5.82 Å². The van der Waals surface area contributed by atoms with Crippen molar-refractivity contribution in [1.82, 2.24) is 0 Å². The molecule has 2 rings (SSSR count). The number of hydrogen-bond donors (Lipinski definition) is 1. The van der Waals surface area contributed by atoms with E-state index in [9.17, 15) is 4.39 Å². The van der Waals surface area contributed by atoms with E-state index < -0.39 is 0 Å². The number of halogens is 2. The smallest absolute Gasteiger partial charge is 0.139 e. The highest BCUT2D eigenvalue weighted by Crippen LogP contribution is 2.45. The summed E-state index contributed by atoms with van der Waals surface area (Å²) in [6, 6.07) is 3.70. The van der Waals surface area contributed by atoms with E-state index in [0.717, 1.165) is 24.3 Å². The van der Waals surface area contributed by atoms with Crippen molar-refractivity contribution >= 4 is 21.6 Å². The van der Waals surface area contributed by atoms with Gasteiger partial charge in [0.05, 0.1) is 10.6 Å². The molecular weight excluding hydrogens is 333 g/mol. The van der Waals surface area contributed by atoms with Crippen molar-refractivity contribution in [3.8, 4) is 0 Å². The molecule has 1 aromatic carbocycles. The van der Waals surface area contributed by atoms with Gasteiger partial charge in [-0.1, -0.05) is 27.7 Å². The van der Waals surface area contributed by atoms with Crippen molar-refractivity contribution in [2.24, 2.45) is 11.3 Å². The molecule has 21 heavy (non-hydrogen) atoms. The molecule has 0 aromatic heterocycles. The highest BCUT2D eigenvalue weighted by molar-refractivity contribution is 9.10. The highest BCUT2D eigenvalue weighted by atomic mass is 79.9. The molecule has 0 saturated heterocycles. The Hall–Kier alpha value is -0.610. The van der Waals surface area contributed by atoms with E-state index in [1.807, 2.05) is 13.0 Å². The van der Waals surface area contributed by atoms with Crippen LogP contribution in [-0.2, 0) is 4.74 Å². The third-order valence-electron chi connectivity index (χ3n) is 4.41. The Morgan fingerprint density at radius 3 is 2.67 bits per heavy atom. The van der Waals surface area contributed by atoms with Crippen molar-refractivity contribution in [3.63, 3.8) is 0 Å². The molecule has 1 fully saturated rings. The fourth-order valence-electron chi connectivity index (χ4n) is 2.71. The maximum Gasteiger partial charge on any atom is 0.139 e. The molecule has 2 atom stereocenters.